The molecule has 0 radical (unpaired) electrons. The van der Waals surface area contributed by atoms with E-state index in [4.69, 9.17) is 5.73 Å². The van der Waals surface area contributed by atoms with Gasteiger partial charge in [-0.25, -0.2) is 8.78 Å². The van der Waals surface area contributed by atoms with Gasteiger partial charge < -0.3 is 11.1 Å². The lowest BCUT2D eigenvalue weighted by Gasteiger charge is -2.22. The molecule has 1 aromatic rings. The topological polar surface area (TPSA) is 55.1 Å². The average molecular weight is 254 g/mol. The standard InChI is InChI=1S/C13H16F2N2O/c1-8-4-5-9(14)11(10(8)15)17-12(18)13(16)6-2-3-7-13/h4-5H,2-3,6-7,16H2,1H3,(H,17,18). The Morgan fingerprint density at radius 2 is 1.94 bits per heavy atom. The molecule has 0 heterocycles. The molecule has 1 aliphatic rings. The summed E-state index contributed by atoms with van der Waals surface area (Å²) in [4.78, 5) is 12.0. The van der Waals surface area contributed by atoms with E-state index >= 15 is 0 Å². The van der Waals surface area contributed by atoms with Crippen LogP contribution in [0.5, 0.6) is 0 Å². The summed E-state index contributed by atoms with van der Waals surface area (Å²) in [6.45, 7) is 1.51. The number of hydrogen-bond acceptors (Lipinski definition) is 2. The minimum atomic E-state index is -0.997. The molecule has 0 atom stereocenters. The van der Waals surface area contributed by atoms with Gasteiger partial charge in [0.2, 0.25) is 5.91 Å². The Hall–Kier alpha value is -1.49. The van der Waals surface area contributed by atoms with Gasteiger partial charge in [0.1, 0.15) is 11.5 Å². The summed E-state index contributed by atoms with van der Waals surface area (Å²) >= 11 is 0. The fourth-order valence-corrected chi connectivity index (χ4v) is 2.24. The minimum absolute atomic E-state index is 0.282. The number of aryl methyl sites for hydroxylation is 1. The molecular weight excluding hydrogens is 238 g/mol. The highest BCUT2D eigenvalue weighted by atomic mass is 19.1. The molecule has 98 valence electrons. The Bertz CT molecular complexity index is 482. The molecule has 1 fully saturated rings. The number of carbonyl (C=O) groups excluding carboxylic acids is 1. The summed E-state index contributed by atoms with van der Waals surface area (Å²) in [5, 5.41) is 2.29. The van der Waals surface area contributed by atoms with E-state index in [1.165, 1.54) is 13.0 Å². The Balaban J connectivity index is 2.24. The Labute approximate surface area is 104 Å². The molecule has 0 aliphatic heterocycles. The second-order valence-corrected chi connectivity index (χ2v) is 4.87. The summed E-state index contributed by atoms with van der Waals surface area (Å²) in [7, 11) is 0. The van der Waals surface area contributed by atoms with Crippen molar-refractivity contribution in [3.63, 3.8) is 0 Å². The van der Waals surface area contributed by atoms with Crippen LogP contribution in [0.25, 0.3) is 0 Å². The first-order valence-corrected chi connectivity index (χ1v) is 5.99. The quantitative estimate of drug-likeness (QED) is 0.851. The first-order valence-electron chi connectivity index (χ1n) is 5.99. The zero-order valence-corrected chi connectivity index (χ0v) is 10.2. The maximum atomic E-state index is 13.7. The summed E-state index contributed by atoms with van der Waals surface area (Å²) in [6, 6.07) is 2.46. The maximum Gasteiger partial charge on any atom is 0.244 e. The summed E-state index contributed by atoms with van der Waals surface area (Å²) in [6.07, 6.45) is 2.83. The van der Waals surface area contributed by atoms with Crippen LogP contribution in [0.4, 0.5) is 14.5 Å². The smallest absolute Gasteiger partial charge is 0.244 e. The second-order valence-electron chi connectivity index (χ2n) is 4.87. The van der Waals surface area contributed by atoms with Gasteiger partial charge in [0, 0.05) is 0 Å². The first kappa shape index (κ1) is 13.0. The average Bonchev–Trinajstić information content (AvgIpc) is 2.78. The third-order valence-electron chi connectivity index (χ3n) is 3.47. The lowest BCUT2D eigenvalue weighted by Crippen LogP contribution is -2.48. The monoisotopic (exact) mass is 254 g/mol. The van der Waals surface area contributed by atoms with Crippen LogP contribution in [0.15, 0.2) is 12.1 Å². The van der Waals surface area contributed by atoms with Gasteiger partial charge in [0.15, 0.2) is 5.82 Å². The van der Waals surface area contributed by atoms with E-state index in [1.807, 2.05) is 0 Å². The van der Waals surface area contributed by atoms with E-state index in [2.05, 4.69) is 5.32 Å². The van der Waals surface area contributed by atoms with Crippen molar-refractivity contribution < 1.29 is 13.6 Å². The molecule has 0 aromatic heterocycles. The van der Waals surface area contributed by atoms with Crippen molar-refractivity contribution in [1.29, 1.82) is 0 Å². The van der Waals surface area contributed by atoms with Crippen LogP contribution in [-0.4, -0.2) is 11.4 Å². The fraction of sp³-hybridized carbons (Fsp3) is 0.462. The molecule has 5 heteroatoms. The molecule has 1 aromatic carbocycles. The van der Waals surface area contributed by atoms with Crippen LogP contribution in [0.1, 0.15) is 31.2 Å². The van der Waals surface area contributed by atoms with Crippen LogP contribution in [0, 0.1) is 18.6 Å². The van der Waals surface area contributed by atoms with Crippen molar-refractivity contribution in [3.8, 4) is 0 Å². The van der Waals surface area contributed by atoms with E-state index in [-0.39, 0.29) is 5.56 Å². The molecule has 2 rings (SSSR count). The molecule has 3 nitrogen and oxygen atoms in total. The Kier molecular flexibility index (Phi) is 3.34. The minimum Gasteiger partial charge on any atom is -0.320 e. The normalized spacial score (nSPS) is 17.8. The number of amides is 1. The van der Waals surface area contributed by atoms with Crippen molar-refractivity contribution in [3.05, 3.63) is 29.3 Å². The SMILES string of the molecule is Cc1ccc(F)c(NC(=O)C2(N)CCCC2)c1F. The molecule has 0 saturated heterocycles. The van der Waals surface area contributed by atoms with E-state index in [0.29, 0.717) is 12.8 Å². The molecule has 0 bridgehead atoms. The maximum absolute atomic E-state index is 13.7. The number of anilines is 1. The van der Waals surface area contributed by atoms with Crippen LogP contribution in [0.2, 0.25) is 0 Å². The highest BCUT2D eigenvalue weighted by Gasteiger charge is 2.37. The van der Waals surface area contributed by atoms with Gasteiger partial charge in [-0.15, -0.1) is 0 Å². The van der Waals surface area contributed by atoms with Crippen LogP contribution >= 0.6 is 0 Å². The lowest BCUT2D eigenvalue weighted by molar-refractivity contribution is -0.121. The Morgan fingerprint density at radius 3 is 2.56 bits per heavy atom. The van der Waals surface area contributed by atoms with Crippen LogP contribution in [0.3, 0.4) is 0 Å². The molecule has 18 heavy (non-hydrogen) atoms. The molecule has 3 N–H and O–H groups in total. The number of carbonyl (C=O) groups is 1. The zero-order valence-electron chi connectivity index (χ0n) is 10.2. The summed E-state index contributed by atoms with van der Waals surface area (Å²) in [5.41, 5.74) is 4.81. The lowest BCUT2D eigenvalue weighted by atomic mass is 9.98. The van der Waals surface area contributed by atoms with Gasteiger partial charge in [-0.1, -0.05) is 18.9 Å². The van der Waals surface area contributed by atoms with Gasteiger partial charge in [-0.2, -0.15) is 0 Å². The third-order valence-corrected chi connectivity index (χ3v) is 3.47. The summed E-state index contributed by atoms with van der Waals surface area (Å²) in [5.74, 6) is -2.04. The highest BCUT2D eigenvalue weighted by molar-refractivity contribution is 5.98. The fourth-order valence-electron chi connectivity index (χ4n) is 2.24. The molecule has 0 unspecified atom stereocenters. The summed E-state index contributed by atoms with van der Waals surface area (Å²) < 4.78 is 27.2. The number of nitrogens with two attached hydrogens (primary N) is 1. The van der Waals surface area contributed by atoms with Gasteiger partial charge in [0.25, 0.3) is 0 Å². The first-order chi connectivity index (χ1) is 8.44. The second kappa shape index (κ2) is 4.65. The van der Waals surface area contributed by atoms with Gasteiger partial charge in [0.05, 0.1) is 5.54 Å². The Morgan fingerprint density at radius 1 is 1.33 bits per heavy atom. The van der Waals surface area contributed by atoms with Gasteiger partial charge >= 0.3 is 0 Å². The zero-order chi connectivity index (χ0) is 13.3. The number of hydrogen-bond donors (Lipinski definition) is 2. The predicted octanol–water partition coefficient (Wildman–Crippen LogP) is 2.48. The molecule has 1 saturated carbocycles. The molecule has 1 aliphatic carbocycles. The van der Waals surface area contributed by atoms with E-state index < -0.39 is 28.8 Å². The van der Waals surface area contributed by atoms with E-state index in [1.54, 1.807) is 0 Å². The van der Waals surface area contributed by atoms with Crippen LogP contribution in [-0.2, 0) is 4.79 Å². The number of nitrogens with one attached hydrogen (secondary N) is 1. The highest BCUT2D eigenvalue weighted by Crippen LogP contribution is 2.29. The van der Waals surface area contributed by atoms with Crippen molar-refractivity contribution in [2.24, 2.45) is 5.73 Å². The number of benzene rings is 1. The van der Waals surface area contributed by atoms with Crippen LogP contribution < -0.4 is 11.1 Å². The predicted molar refractivity (Wildman–Crippen MR) is 65.1 cm³/mol. The molecule has 0 spiro atoms. The number of rotatable bonds is 2. The molecular formula is C13H16F2N2O. The van der Waals surface area contributed by atoms with Crippen molar-refractivity contribution >= 4 is 11.6 Å². The number of halogens is 2. The van der Waals surface area contributed by atoms with Crippen molar-refractivity contribution in [1.82, 2.24) is 0 Å². The third kappa shape index (κ3) is 2.22. The largest absolute Gasteiger partial charge is 0.320 e. The van der Waals surface area contributed by atoms with E-state index in [0.717, 1.165) is 18.9 Å². The van der Waals surface area contributed by atoms with E-state index in [9.17, 15) is 13.6 Å². The van der Waals surface area contributed by atoms with Crippen molar-refractivity contribution in [2.75, 3.05) is 5.32 Å². The van der Waals surface area contributed by atoms with Gasteiger partial charge in [-0.05, 0) is 31.4 Å². The van der Waals surface area contributed by atoms with Crippen molar-refractivity contribution in [2.45, 2.75) is 38.1 Å². The molecule has 1 amide bonds. The van der Waals surface area contributed by atoms with Gasteiger partial charge in [-0.3, -0.25) is 4.79 Å².